The summed E-state index contributed by atoms with van der Waals surface area (Å²) < 4.78 is 0. The Morgan fingerprint density at radius 2 is 1.92 bits per heavy atom. The van der Waals surface area contributed by atoms with Crippen molar-refractivity contribution in [2.75, 3.05) is 13.1 Å². The second kappa shape index (κ2) is 4.05. The molecule has 0 spiro atoms. The van der Waals surface area contributed by atoms with E-state index in [0.29, 0.717) is 11.8 Å². The number of nitrogens with two attached hydrogens (primary N) is 1. The second-order valence-electron chi connectivity index (χ2n) is 3.90. The van der Waals surface area contributed by atoms with E-state index >= 15 is 0 Å². The monoisotopic (exact) mass is 200 g/mol. The van der Waals surface area contributed by atoms with Gasteiger partial charge in [-0.2, -0.15) is 0 Å². The minimum Gasteiger partial charge on any atom is -0.393 e. The van der Waals surface area contributed by atoms with Crippen LogP contribution in [-0.4, -0.2) is 28.9 Å². The van der Waals surface area contributed by atoms with Gasteiger partial charge in [-0.3, -0.25) is 4.79 Å². The summed E-state index contributed by atoms with van der Waals surface area (Å²) in [6.45, 7) is 6.03. The number of carbonyl (C=O) groups excluding carboxylic acids is 1. The van der Waals surface area contributed by atoms with Crippen molar-refractivity contribution in [1.29, 1.82) is 0 Å². The van der Waals surface area contributed by atoms with Crippen LogP contribution in [0.15, 0.2) is 0 Å². The number of thiocarbonyl (C=S) groups is 1. The topological polar surface area (TPSA) is 46.3 Å². The van der Waals surface area contributed by atoms with Crippen molar-refractivity contribution in [1.82, 2.24) is 4.90 Å². The first-order valence-corrected chi connectivity index (χ1v) is 4.97. The summed E-state index contributed by atoms with van der Waals surface area (Å²) in [5.74, 6) is 1.26. The molecule has 74 valence electrons. The number of rotatable bonds is 2. The van der Waals surface area contributed by atoms with Crippen LogP contribution in [0.3, 0.4) is 0 Å². The molecule has 1 heterocycles. The molecule has 0 saturated carbocycles. The van der Waals surface area contributed by atoms with Crippen molar-refractivity contribution in [3.05, 3.63) is 0 Å². The average Bonchev–Trinajstić information content (AvgIpc) is 2.31. The molecule has 0 aromatic carbocycles. The van der Waals surface area contributed by atoms with Gasteiger partial charge in [0.05, 0.1) is 11.4 Å². The molecule has 0 aromatic heterocycles. The Balaban J connectivity index is 2.46. The van der Waals surface area contributed by atoms with E-state index in [9.17, 15) is 4.79 Å². The molecule has 1 rings (SSSR count). The van der Waals surface area contributed by atoms with Crippen molar-refractivity contribution in [3.8, 4) is 0 Å². The third-order valence-electron chi connectivity index (χ3n) is 2.67. The Kier molecular flexibility index (Phi) is 3.25. The van der Waals surface area contributed by atoms with E-state index in [4.69, 9.17) is 18.0 Å². The highest BCUT2D eigenvalue weighted by Gasteiger charge is 2.29. The maximum Gasteiger partial charge on any atom is 0.229 e. The molecule has 13 heavy (non-hydrogen) atoms. The van der Waals surface area contributed by atoms with Crippen molar-refractivity contribution < 1.29 is 4.79 Å². The molecule has 0 radical (unpaired) electrons. The standard InChI is InChI=1S/C9H16N2OS/c1-6-4-11(5-7(6)2)9(12)3-8(10)13/h6-7H,3-5H2,1-2H3,(H2,10,13). The summed E-state index contributed by atoms with van der Waals surface area (Å²) in [7, 11) is 0. The van der Waals surface area contributed by atoms with E-state index < -0.39 is 0 Å². The van der Waals surface area contributed by atoms with Crippen LogP contribution >= 0.6 is 12.2 Å². The molecule has 1 amide bonds. The van der Waals surface area contributed by atoms with Crippen molar-refractivity contribution in [3.63, 3.8) is 0 Å². The SMILES string of the molecule is CC1CN(C(=O)CC(N)=S)CC1C. The third kappa shape index (κ3) is 2.66. The van der Waals surface area contributed by atoms with Crippen molar-refractivity contribution in [2.45, 2.75) is 20.3 Å². The van der Waals surface area contributed by atoms with Crippen LogP contribution in [0.4, 0.5) is 0 Å². The number of amides is 1. The maximum absolute atomic E-state index is 11.5. The Morgan fingerprint density at radius 1 is 1.46 bits per heavy atom. The molecule has 2 N–H and O–H groups in total. The average molecular weight is 200 g/mol. The highest BCUT2D eigenvalue weighted by molar-refractivity contribution is 7.80. The number of carbonyl (C=O) groups is 1. The minimum atomic E-state index is 0.0729. The van der Waals surface area contributed by atoms with Gasteiger partial charge >= 0.3 is 0 Å². The molecule has 1 aliphatic heterocycles. The third-order valence-corrected chi connectivity index (χ3v) is 2.81. The van der Waals surface area contributed by atoms with Gasteiger partial charge in [-0.25, -0.2) is 0 Å². The summed E-state index contributed by atoms with van der Waals surface area (Å²) in [5.41, 5.74) is 5.31. The first-order chi connectivity index (χ1) is 6.00. The first kappa shape index (κ1) is 10.4. The van der Waals surface area contributed by atoms with Crippen LogP contribution in [0, 0.1) is 11.8 Å². The van der Waals surface area contributed by atoms with Crippen LogP contribution in [0.5, 0.6) is 0 Å². The molecule has 1 aliphatic rings. The van der Waals surface area contributed by atoms with Gasteiger partial charge in [-0.1, -0.05) is 26.1 Å². The Morgan fingerprint density at radius 3 is 2.31 bits per heavy atom. The van der Waals surface area contributed by atoms with Gasteiger partial charge in [0.15, 0.2) is 0 Å². The van der Waals surface area contributed by atoms with Crippen molar-refractivity contribution >= 4 is 23.1 Å². The number of hydrogen-bond donors (Lipinski definition) is 1. The lowest BCUT2D eigenvalue weighted by atomic mass is 10.0. The number of hydrogen-bond acceptors (Lipinski definition) is 2. The molecule has 0 aromatic rings. The van der Waals surface area contributed by atoms with Crippen LogP contribution in [0.25, 0.3) is 0 Å². The van der Waals surface area contributed by atoms with Gasteiger partial charge in [0, 0.05) is 13.1 Å². The fourth-order valence-electron chi connectivity index (χ4n) is 1.59. The zero-order chi connectivity index (χ0) is 10.0. The highest BCUT2D eigenvalue weighted by atomic mass is 32.1. The molecule has 2 atom stereocenters. The second-order valence-corrected chi connectivity index (χ2v) is 4.42. The van der Waals surface area contributed by atoms with Gasteiger partial charge in [-0.15, -0.1) is 0 Å². The molecule has 0 aliphatic carbocycles. The van der Waals surface area contributed by atoms with E-state index in [1.54, 1.807) is 0 Å². The normalized spacial score (nSPS) is 27.7. The number of likely N-dealkylation sites (tertiary alicyclic amines) is 1. The quantitative estimate of drug-likeness (QED) is 0.670. The molecule has 1 saturated heterocycles. The van der Waals surface area contributed by atoms with Gasteiger partial charge < -0.3 is 10.6 Å². The lowest BCUT2D eigenvalue weighted by Crippen LogP contribution is -2.31. The summed E-state index contributed by atoms with van der Waals surface area (Å²) >= 11 is 4.70. The summed E-state index contributed by atoms with van der Waals surface area (Å²) in [6, 6.07) is 0. The van der Waals surface area contributed by atoms with Crippen LogP contribution in [0.2, 0.25) is 0 Å². The summed E-state index contributed by atoms with van der Waals surface area (Å²) in [5, 5.41) is 0. The highest BCUT2D eigenvalue weighted by Crippen LogP contribution is 2.22. The molecule has 3 nitrogen and oxygen atoms in total. The smallest absolute Gasteiger partial charge is 0.229 e. The molecular formula is C9H16N2OS. The van der Waals surface area contributed by atoms with Crippen LogP contribution in [-0.2, 0) is 4.79 Å². The van der Waals surface area contributed by atoms with Crippen LogP contribution < -0.4 is 5.73 Å². The predicted octanol–water partition coefficient (Wildman–Crippen LogP) is 0.777. The molecular weight excluding hydrogens is 184 g/mol. The van der Waals surface area contributed by atoms with Gasteiger partial charge in [0.2, 0.25) is 5.91 Å². The molecule has 4 heteroatoms. The summed E-state index contributed by atoms with van der Waals surface area (Å²) in [4.78, 5) is 13.7. The van der Waals surface area contributed by atoms with E-state index in [0.717, 1.165) is 13.1 Å². The van der Waals surface area contributed by atoms with E-state index in [1.165, 1.54) is 0 Å². The zero-order valence-electron chi connectivity index (χ0n) is 8.12. The zero-order valence-corrected chi connectivity index (χ0v) is 8.93. The molecule has 1 fully saturated rings. The Labute approximate surface area is 84.3 Å². The first-order valence-electron chi connectivity index (χ1n) is 4.56. The molecule has 2 unspecified atom stereocenters. The van der Waals surface area contributed by atoms with E-state index in [2.05, 4.69) is 13.8 Å². The van der Waals surface area contributed by atoms with Gasteiger partial charge in [0.25, 0.3) is 0 Å². The maximum atomic E-state index is 11.5. The van der Waals surface area contributed by atoms with E-state index in [-0.39, 0.29) is 17.3 Å². The predicted molar refractivity (Wildman–Crippen MR) is 56.3 cm³/mol. The van der Waals surface area contributed by atoms with E-state index in [1.807, 2.05) is 4.90 Å². The van der Waals surface area contributed by atoms with Gasteiger partial charge in [0.1, 0.15) is 0 Å². The Bertz CT molecular complexity index is 220. The lowest BCUT2D eigenvalue weighted by molar-refractivity contribution is -0.129. The Hall–Kier alpha value is -0.640. The lowest BCUT2D eigenvalue weighted by Gasteiger charge is -2.15. The number of nitrogens with zero attached hydrogens (tertiary/aromatic N) is 1. The molecule has 0 bridgehead atoms. The fraction of sp³-hybridized carbons (Fsp3) is 0.778. The van der Waals surface area contributed by atoms with Crippen LogP contribution in [0.1, 0.15) is 20.3 Å². The minimum absolute atomic E-state index is 0.0729. The summed E-state index contributed by atoms with van der Waals surface area (Å²) in [6.07, 6.45) is 0.217. The van der Waals surface area contributed by atoms with Gasteiger partial charge in [-0.05, 0) is 11.8 Å². The fourth-order valence-corrected chi connectivity index (χ4v) is 1.72. The largest absolute Gasteiger partial charge is 0.393 e. The van der Waals surface area contributed by atoms with Crippen molar-refractivity contribution in [2.24, 2.45) is 17.6 Å².